The zero-order valence-electron chi connectivity index (χ0n) is 7.66. The van der Waals surface area contributed by atoms with Crippen molar-refractivity contribution >= 4 is 0 Å². The van der Waals surface area contributed by atoms with E-state index in [4.69, 9.17) is 4.74 Å². The molecule has 0 aliphatic rings. The van der Waals surface area contributed by atoms with E-state index in [2.05, 4.69) is 13.8 Å². The monoisotopic (exact) mass is 166 g/mol. The molecule has 12 heavy (non-hydrogen) atoms. The fraction of sp³-hybridized carbons (Fsp3) is 0.400. The van der Waals surface area contributed by atoms with E-state index in [-0.39, 0.29) is 5.75 Å². The molecule has 2 nitrogen and oxygen atoms in total. The first-order chi connectivity index (χ1) is 5.63. The molecule has 0 fully saturated rings. The Morgan fingerprint density at radius 3 is 2.42 bits per heavy atom. The largest absolute Gasteiger partial charge is 0.508 e. The molecule has 0 unspecified atom stereocenters. The van der Waals surface area contributed by atoms with Crippen molar-refractivity contribution in [3.63, 3.8) is 0 Å². The zero-order chi connectivity index (χ0) is 9.14. The average Bonchev–Trinajstić information content (AvgIpc) is 2.03. The molecule has 0 amide bonds. The highest BCUT2D eigenvalue weighted by molar-refractivity contribution is 5.38. The third kappa shape index (κ3) is 1.91. The maximum Gasteiger partial charge on any atom is 0.122 e. The van der Waals surface area contributed by atoms with Crippen molar-refractivity contribution in [3.05, 3.63) is 23.8 Å². The summed E-state index contributed by atoms with van der Waals surface area (Å²) in [6.07, 6.45) is 0. The lowest BCUT2D eigenvalue weighted by Gasteiger charge is -2.08. The van der Waals surface area contributed by atoms with Gasteiger partial charge < -0.3 is 9.84 Å². The second-order valence-corrected chi connectivity index (χ2v) is 3.12. The Morgan fingerprint density at radius 1 is 1.25 bits per heavy atom. The van der Waals surface area contributed by atoms with Crippen LogP contribution >= 0.6 is 0 Å². The van der Waals surface area contributed by atoms with Crippen LogP contribution in [0.4, 0.5) is 0 Å². The summed E-state index contributed by atoms with van der Waals surface area (Å²) in [5, 5.41) is 9.29. The molecule has 0 radical (unpaired) electrons. The van der Waals surface area contributed by atoms with E-state index in [1.807, 2.05) is 6.07 Å². The Hall–Kier alpha value is -1.18. The summed E-state index contributed by atoms with van der Waals surface area (Å²) in [5.41, 5.74) is 1.09. The Morgan fingerprint density at radius 2 is 1.92 bits per heavy atom. The lowest BCUT2D eigenvalue weighted by molar-refractivity contribution is 0.406. The van der Waals surface area contributed by atoms with Crippen molar-refractivity contribution in [1.29, 1.82) is 0 Å². The SMILES string of the molecule is COc1cc(O)cc(C(C)C)c1. The molecule has 0 bridgehead atoms. The van der Waals surface area contributed by atoms with E-state index >= 15 is 0 Å². The number of rotatable bonds is 2. The van der Waals surface area contributed by atoms with Gasteiger partial charge in [0.25, 0.3) is 0 Å². The van der Waals surface area contributed by atoms with Gasteiger partial charge in [-0.25, -0.2) is 0 Å². The highest BCUT2D eigenvalue weighted by Gasteiger charge is 2.03. The smallest absolute Gasteiger partial charge is 0.122 e. The van der Waals surface area contributed by atoms with Crippen LogP contribution in [0.15, 0.2) is 18.2 Å². The van der Waals surface area contributed by atoms with Gasteiger partial charge in [-0.2, -0.15) is 0 Å². The third-order valence-electron chi connectivity index (χ3n) is 1.82. The Kier molecular flexibility index (Phi) is 2.58. The standard InChI is InChI=1S/C10H14O2/c1-7(2)8-4-9(11)6-10(5-8)12-3/h4-7,11H,1-3H3. The maximum absolute atomic E-state index is 9.29. The molecule has 1 N–H and O–H groups in total. The number of phenols is 1. The lowest BCUT2D eigenvalue weighted by atomic mass is 10.0. The van der Waals surface area contributed by atoms with Gasteiger partial charge in [-0.05, 0) is 23.6 Å². The first-order valence-corrected chi connectivity index (χ1v) is 4.01. The van der Waals surface area contributed by atoms with Gasteiger partial charge in [0.1, 0.15) is 11.5 Å². The van der Waals surface area contributed by atoms with Gasteiger partial charge in [0.15, 0.2) is 0 Å². The van der Waals surface area contributed by atoms with Crippen molar-refractivity contribution in [2.45, 2.75) is 19.8 Å². The van der Waals surface area contributed by atoms with Crippen LogP contribution < -0.4 is 4.74 Å². The van der Waals surface area contributed by atoms with Crippen LogP contribution in [0.3, 0.4) is 0 Å². The number of aromatic hydroxyl groups is 1. The molecule has 1 aromatic rings. The summed E-state index contributed by atoms with van der Waals surface area (Å²) in [6, 6.07) is 5.30. The normalized spacial score (nSPS) is 10.3. The molecule has 1 aromatic carbocycles. The topological polar surface area (TPSA) is 29.5 Å². The molecule has 0 saturated heterocycles. The minimum Gasteiger partial charge on any atom is -0.508 e. The second-order valence-electron chi connectivity index (χ2n) is 3.12. The van der Waals surface area contributed by atoms with E-state index < -0.39 is 0 Å². The van der Waals surface area contributed by atoms with Crippen LogP contribution in [0.2, 0.25) is 0 Å². The van der Waals surface area contributed by atoms with Crippen molar-refractivity contribution in [1.82, 2.24) is 0 Å². The lowest BCUT2D eigenvalue weighted by Crippen LogP contribution is -1.89. The van der Waals surface area contributed by atoms with Gasteiger partial charge in [0.2, 0.25) is 0 Å². The number of hydrogen-bond donors (Lipinski definition) is 1. The summed E-state index contributed by atoms with van der Waals surface area (Å²) in [7, 11) is 1.60. The van der Waals surface area contributed by atoms with Gasteiger partial charge >= 0.3 is 0 Å². The first-order valence-electron chi connectivity index (χ1n) is 4.01. The van der Waals surface area contributed by atoms with Crippen molar-refractivity contribution < 1.29 is 9.84 Å². The molecule has 1 rings (SSSR count). The maximum atomic E-state index is 9.29. The molecule has 0 heterocycles. The molecule has 2 heteroatoms. The molecule has 0 aliphatic carbocycles. The fourth-order valence-corrected chi connectivity index (χ4v) is 1.06. The van der Waals surface area contributed by atoms with Crippen molar-refractivity contribution in [2.75, 3.05) is 7.11 Å². The second kappa shape index (κ2) is 3.48. The Balaban J connectivity index is 3.06. The third-order valence-corrected chi connectivity index (χ3v) is 1.82. The number of ether oxygens (including phenoxy) is 1. The van der Waals surface area contributed by atoms with E-state index in [0.717, 1.165) is 5.56 Å². The van der Waals surface area contributed by atoms with Gasteiger partial charge in [-0.15, -0.1) is 0 Å². The van der Waals surface area contributed by atoms with Crippen LogP contribution in [-0.2, 0) is 0 Å². The highest BCUT2D eigenvalue weighted by Crippen LogP contribution is 2.25. The average molecular weight is 166 g/mol. The van der Waals surface area contributed by atoms with Gasteiger partial charge in [-0.1, -0.05) is 13.8 Å². The summed E-state index contributed by atoms with van der Waals surface area (Å²) in [5.74, 6) is 1.38. The minimum absolute atomic E-state index is 0.262. The van der Waals surface area contributed by atoms with Crippen LogP contribution in [0.5, 0.6) is 11.5 Å². The molecule has 0 aliphatic heterocycles. The molecule has 66 valence electrons. The van der Waals surface area contributed by atoms with Crippen molar-refractivity contribution in [2.24, 2.45) is 0 Å². The molecule has 0 saturated carbocycles. The quantitative estimate of drug-likeness (QED) is 0.731. The summed E-state index contributed by atoms with van der Waals surface area (Å²) >= 11 is 0. The predicted molar refractivity (Wildman–Crippen MR) is 48.7 cm³/mol. The predicted octanol–water partition coefficient (Wildman–Crippen LogP) is 2.52. The minimum atomic E-state index is 0.262. The number of phenolic OH excluding ortho intramolecular Hbond substituents is 1. The van der Waals surface area contributed by atoms with Crippen LogP contribution in [0.1, 0.15) is 25.3 Å². The molecule has 0 aromatic heterocycles. The molecule has 0 spiro atoms. The molecular weight excluding hydrogens is 152 g/mol. The van der Waals surface area contributed by atoms with E-state index in [0.29, 0.717) is 11.7 Å². The van der Waals surface area contributed by atoms with E-state index in [1.54, 1.807) is 19.2 Å². The first kappa shape index (κ1) is 8.91. The van der Waals surface area contributed by atoms with Crippen LogP contribution in [-0.4, -0.2) is 12.2 Å². The van der Waals surface area contributed by atoms with Gasteiger partial charge in [0, 0.05) is 6.07 Å². The fourth-order valence-electron chi connectivity index (χ4n) is 1.06. The Bertz CT molecular complexity index is 267. The number of benzene rings is 1. The van der Waals surface area contributed by atoms with Gasteiger partial charge in [0.05, 0.1) is 7.11 Å². The summed E-state index contributed by atoms with van der Waals surface area (Å²) in [6.45, 7) is 4.16. The summed E-state index contributed by atoms with van der Waals surface area (Å²) in [4.78, 5) is 0. The van der Waals surface area contributed by atoms with Crippen LogP contribution in [0.25, 0.3) is 0 Å². The van der Waals surface area contributed by atoms with Crippen molar-refractivity contribution in [3.8, 4) is 11.5 Å². The zero-order valence-corrected chi connectivity index (χ0v) is 7.66. The van der Waals surface area contributed by atoms with Crippen LogP contribution in [0, 0.1) is 0 Å². The molecular formula is C10H14O2. The highest BCUT2D eigenvalue weighted by atomic mass is 16.5. The molecule has 0 atom stereocenters. The van der Waals surface area contributed by atoms with Gasteiger partial charge in [-0.3, -0.25) is 0 Å². The Labute approximate surface area is 72.8 Å². The summed E-state index contributed by atoms with van der Waals surface area (Å²) < 4.78 is 5.03. The van der Waals surface area contributed by atoms with E-state index in [1.165, 1.54) is 0 Å². The number of methoxy groups -OCH3 is 1. The number of hydrogen-bond acceptors (Lipinski definition) is 2. The van der Waals surface area contributed by atoms with E-state index in [9.17, 15) is 5.11 Å².